The van der Waals surface area contributed by atoms with Gasteiger partial charge in [0.1, 0.15) is 5.82 Å². The van der Waals surface area contributed by atoms with E-state index in [1.807, 2.05) is 54.6 Å². The minimum atomic E-state index is -0.487. The van der Waals surface area contributed by atoms with Crippen molar-refractivity contribution in [2.75, 3.05) is 5.73 Å². The zero-order valence-corrected chi connectivity index (χ0v) is 38.7. The highest BCUT2D eigenvalue weighted by atomic mass is 35.5. The molecule has 65 heavy (non-hydrogen) atoms. The van der Waals surface area contributed by atoms with Gasteiger partial charge in [-0.05, 0) is 126 Å². The summed E-state index contributed by atoms with van der Waals surface area (Å²) in [7, 11) is 0. The van der Waals surface area contributed by atoms with Crippen molar-refractivity contribution >= 4 is 52.3 Å². The van der Waals surface area contributed by atoms with Gasteiger partial charge in [-0.2, -0.15) is 0 Å². The molecule has 0 saturated heterocycles. The quantitative estimate of drug-likeness (QED) is 0.0723. The molecular formula is C53H64Cl3N7O2. The number of hydrogen-bond acceptors (Lipinski definition) is 7. The van der Waals surface area contributed by atoms with Gasteiger partial charge in [-0.25, -0.2) is 19.9 Å². The van der Waals surface area contributed by atoms with Crippen LogP contribution in [0.1, 0.15) is 136 Å². The first-order valence-electron chi connectivity index (χ1n) is 21.5. The van der Waals surface area contributed by atoms with Crippen LogP contribution >= 0.6 is 34.8 Å². The number of primary amides is 2. The van der Waals surface area contributed by atoms with Crippen molar-refractivity contribution in [1.29, 1.82) is 0 Å². The molecule has 0 bridgehead atoms. The molecule has 0 spiro atoms. The van der Waals surface area contributed by atoms with Crippen LogP contribution in [-0.4, -0.2) is 31.8 Å². The van der Waals surface area contributed by atoms with Crippen molar-refractivity contribution in [2.24, 2.45) is 11.5 Å². The number of hydrogen-bond donors (Lipinski definition) is 3. The average molecular weight is 938 g/mol. The van der Waals surface area contributed by atoms with Crippen molar-refractivity contribution in [3.05, 3.63) is 181 Å². The Kier molecular flexibility index (Phi) is 18.7. The van der Waals surface area contributed by atoms with Crippen LogP contribution < -0.4 is 17.2 Å². The third kappa shape index (κ3) is 13.4. The van der Waals surface area contributed by atoms with E-state index in [-0.39, 0.29) is 32.0 Å². The van der Waals surface area contributed by atoms with Crippen LogP contribution in [0.15, 0.2) is 109 Å². The maximum atomic E-state index is 12.0. The summed E-state index contributed by atoms with van der Waals surface area (Å²) in [6.07, 6.45) is 9.95. The molecule has 2 saturated carbocycles. The molecule has 2 aliphatic carbocycles. The third-order valence-corrected chi connectivity index (χ3v) is 12.9. The van der Waals surface area contributed by atoms with Gasteiger partial charge in [0, 0.05) is 18.3 Å². The summed E-state index contributed by atoms with van der Waals surface area (Å²) in [6, 6.07) is 32.6. The van der Waals surface area contributed by atoms with Crippen LogP contribution in [0, 0.1) is 0 Å². The Morgan fingerprint density at radius 2 is 1.00 bits per heavy atom. The van der Waals surface area contributed by atoms with Gasteiger partial charge in [0.2, 0.25) is 17.1 Å². The fourth-order valence-corrected chi connectivity index (χ4v) is 8.33. The van der Waals surface area contributed by atoms with Crippen molar-refractivity contribution in [3.63, 3.8) is 0 Å². The Hall–Kier alpha value is -5.35. The second-order valence-electron chi connectivity index (χ2n) is 17.1. The zero-order chi connectivity index (χ0) is 45.3. The number of nitrogens with two attached hydrogens (primary N) is 3. The summed E-state index contributed by atoms with van der Waals surface area (Å²) in [4.78, 5) is 41.0. The van der Waals surface area contributed by atoms with Gasteiger partial charge in [-0.15, -0.1) is 0 Å². The van der Waals surface area contributed by atoms with E-state index >= 15 is 0 Å². The number of carbonyl (C=O) groups excluding carboxylic acids is 2. The van der Waals surface area contributed by atoms with E-state index < -0.39 is 10.8 Å². The Morgan fingerprint density at radius 1 is 0.585 bits per heavy atom. The number of nitrogen functional groups attached to an aromatic ring is 1. The summed E-state index contributed by atoms with van der Waals surface area (Å²) < 4.78 is 0. The molecule has 6 aromatic rings. The van der Waals surface area contributed by atoms with Crippen LogP contribution in [0.4, 0.5) is 5.69 Å². The second-order valence-corrected chi connectivity index (χ2v) is 18.3. The number of halogens is 3. The lowest BCUT2D eigenvalue weighted by atomic mass is 9.88. The van der Waals surface area contributed by atoms with E-state index in [1.54, 1.807) is 6.20 Å². The minimum absolute atomic E-state index is 0. The Bertz CT molecular complexity index is 2520. The maximum Gasteiger partial charge on any atom is 0.228 e. The molecule has 4 aromatic carbocycles. The van der Waals surface area contributed by atoms with Gasteiger partial charge < -0.3 is 17.2 Å². The standard InChI is InChI=1S/C26H28ClN3O.C16H15Cl2N3O.C9H13N.2CH4/c1-17(2)19-9-7-18(8-10-19)15-24-29-16-22(27)23(30-24)12-11-20-5-3-4-6-21(20)26(13-14-26)25(28)31;17-12-9-20-15(18)21-13(12)6-5-10-3-1-2-4-11(10)16(7-8-16)14(19)22;1-7(2)8-3-5-9(10)6-4-8;;/h3-10,16-17H,11-15H2,1-2H3,(H2,28,31);1-4,9H,5-8H2,(H2,19,22);3-7H,10H2,1-2H3;2*1H4. The molecule has 2 fully saturated rings. The molecule has 2 aliphatic rings. The van der Waals surface area contributed by atoms with Gasteiger partial charge in [-0.1, -0.05) is 151 Å². The lowest BCUT2D eigenvalue weighted by molar-refractivity contribution is -0.121. The summed E-state index contributed by atoms with van der Waals surface area (Å²) >= 11 is 18.3. The van der Waals surface area contributed by atoms with E-state index in [1.165, 1.54) is 22.9 Å². The molecule has 344 valence electrons. The molecule has 6 N–H and O–H groups in total. The van der Waals surface area contributed by atoms with E-state index in [0.29, 0.717) is 46.8 Å². The summed E-state index contributed by atoms with van der Waals surface area (Å²) in [6.45, 7) is 8.73. The molecule has 8 rings (SSSR count). The molecule has 0 aliphatic heterocycles. The van der Waals surface area contributed by atoms with Crippen molar-refractivity contribution in [3.8, 4) is 0 Å². The Morgan fingerprint density at radius 3 is 1.43 bits per heavy atom. The van der Waals surface area contributed by atoms with Crippen LogP contribution in [-0.2, 0) is 52.5 Å². The normalized spacial score (nSPS) is 13.8. The molecule has 2 aromatic heterocycles. The fourth-order valence-electron chi connectivity index (χ4n) is 7.80. The lowest BCUT2D eigenvalue weighted by Crippen LogP contribution is -2.29. The highest BCUT2D eigenvalue weighted by molar-refractivity contribution is 6.32. The third-order valence-electron chi connectivity index (χ3n) is 12.0. The predicted octanol–water partition coefficient (Wildman–Crippen LogP) is 11.9. The number of aromatic nitrogens is 4. The molecule has 2 amide bonds. The molecule has 12 heteroatoms. The fraction of sp³-hybridized carbons (Fsp3) is 0.358. The summed E-state index contributed by atoms with van der Waals surface area (Å²) in [5.74, 6) is 1.40. The van der Waals surface area contributed by atoms with Crippen LogP contribution in [0.25, 0.3) is 0 Å². The average Bonchev–Trinajstić information content (AvgIpc) is 4.21. The maximum absolute atomic E-state index is 12.0. The number of anilines is 1. The van der Waals surface area contributed by atoms with E-state index in [9.17, 15) is 9.59 Å². The van der Waals surface area contributed by atoms with Gasteiger partial charge in [0.15, 0.2) is 0 Å². The highest BCUT2D eigenvalue weighted by Gasteiger charge is 2.51. The van der Waals surface area contributed by atoms with E-state index in [4.69, 9.17) is 57.0 Å². The number of benzene rings is 4. The van der Waals surface area contributed by atoms with Gasteiger partial charge >= 0.3 is 0 Å². The monoisotopic (exact) mass is 935 g/mol. The first-order chi connectivity index (χ1) is 30.1. The Balaban J connectivity index is 0.000000237. The van der Waals surface area contributed by atoms with Crippen LogP contribution in [0.2, 0.25) is 15.3 Å². The second kappa shape index (κ2) is 23.2. The zero-order valence-electron chi connectivity index (χ0n) is 36.4. The predicted molar refractivity (Wildman–Crippen MR) is 269 cm³/mol. The van der Waals surface area contributed by atoms with Crippen molar-refractivity contribution < 1.29 is 9.59 Å². The molecule has 0 atom stereocenters. The molecular weight excluding hydrogens is 873 g/mol. The Labute approximate surface area is 401 Å². The van der Waals surface area contributed by atoms with Crippen molar-refractivity contribution in [1.82, 2.24) is 19.9 Å². The largest absolute Gasteiger partial charge is 0.399 e. The molecule has 0 unspecified atom stereocenters. The van der Waals surface area contributed by atoms with Gasteiger partial charge in [0.25, 0.3) is 0 Å². The molecule has 2 heterocycles. The minimum Gasteiger partial charge on any atom is -0.399 e. The molecule has 9 nitrogen and oxygen atoms in total. The first kappa shape index (κ1) is 52.3. The molecule has 0 radical (unpaired) electrons. The summed E-state index contributed by atoms with van der Waals surface area (Å²) in [5.41, 5.74) is 26.4. The smallest absolute Gasteiger partial charge is 0.228 e. The number of aryl methyl sites for hydroxylation is 4. The number of rotatable bonds is 14. The van der Waals surface area contributed by atoms with E-state index in [2.05, 4.69) is 85.1 Å². The topological polar surface area (TPSA) is 164 Å². The van der Waals surface area contributed by atoms with E-state index in [0.717, 1.165) is 78.0 Å². The first-order valence-corrected chi connectivity index (χ1v) is 22.6. The van der Waals surface area contributed by atoms with Crippen molar-refractivity contribution in [2.45, 2.75) is 123 Å². The van der Waals surface area contributed by atoms with Crippen LogP contribution in [0.5, 0.6) is 0 Å². The SMILES string of the molecule is C.C.CC(C)c1ccc(Cc2ncc(Cl)c(CCc3ccccc3C3(C(N)=O)CC3)n2)cc1.CC(C)c1ccc(N)cc1.NC(=O)C1(c2ccccc2CCc2nc(Cl)ncc2Cl)CC1. The highest BCUT2D eigenvalue weighted by Crippen LogP contribution is 2.50. The summed E-state index contributed by atoms with van der Waals surface area (Å²) in [5, 5.41) is 1.26. The lowest BCUT2D eigenvalue weighted by Gasteiger charge is -2.16. The number of carbonyl (C=O) groups is 2. The van der Waals surface area contributed by atoms with Crippen LogP contribution in [0.3, 0.4) is 0 Å². The van der Waals surface area contributed by atoms with Gasteiger partial charge in [0.05, 0.1) is 38.5 Å². The number of amides is 2. The van der Waals surface area contributed by atoms with Gasteiger partial charge in [-0.3, -0.25) is 9.59 Å². The number of nitrogens with zero attached hydrogens (tertiary/aromatic N) is 4.